The van der Waals surface area contributed by atoms with Crippen LogP contribution >= 0.6 is 0 Å². The van der Waals surface area contributed by atoms with Crippen LogP contribution in [0, 0.1) is 19.8 Å². The Labute approximate surface area is 225 Å². The molecule has 0 spiro atoms. The molecule has 202 valence electrons. The number of rotatable bonds is 7. The average molecular weight is 519 g/mol. The molecule has 0 bridgehead atoms. The van der Waals surface area contributed by atoms with Gasteiger partial charge in [0.25, 0.3) is 11.8 Å². The molecule has 2 heterocycles. The van der Waals surface area contributed by atoms with Crippen LogP contribution in [-0.4, -0.2) is 78.6 Å². The van der Waals surface area contributed by atoms with Crippen LogP contribution in [0.1, 0.15) is 58.5 Å². The first-order valence-electron chi connectivity index (χ1n) is 13.3. The van der Waals surface area contributed by atoms with Crippen LogP contribution in [0.2, 0.25) is 0 Å². The summed E-state index contributed by atoms with van der Waals surface area (Å²) in [7, 11) is 3.85. The lowest BCUT2D eigenvalue weighted by Gasteiger charge is -2.29. The fourth-order valence-corrected chi connectivity index (χ4v) is 5.65. The monoisotopic (exact) mass is 518 g/mol. The van der Waals surface area contributed by atoms with E-state index in [-0.39, 0.29) is 42.0 Å². The number of likely N-dealkylation sites (tertiary alicyclic amines) is 2. The maximum Gasteiger partial charge on any atom is 0.254 e. The van der Waals surface area contributed by atoms with Crippen molar-refractivity contribution in [1.29, 1.82) is 0 Å². The van der Waals surface area contributed by atoms with Crippen molar-refractivity contribution < 1.29 is 19.2 Å². The van der Waals surface area contributed by atoms with Gasteiger partial charge in [0.05, 0.1) is 12.6 Å². The lowest BCUT2D eigenvalue weighted by Crippen LogP contribution is -2.53. The van der Waals surface area contributed by atoms with Crippen LogP contribution in [0.15, 0.2) is 42.5 Å². The number of benzene rings is 2. The van der Waals surface area contributed by atoms with Gasteiger partial charge < -0.3 is 20.0 Å². The molecule has 3 atom stereocenters. The second-order valence-corrected chi connectivity index (χ2v) is 11.2. The Bertz CT molecular complexity index is 1220. The van der Waals surface area contributed by atoms with Gasteiger partial charge in [0.1, 0.15) is 12.1 Å². The molecule has 2 aromatic rings. The highest BCUT2D eigenvalue weighted by atomic mass is 16.2. The van der Waals surface area contributed by atoms with Crippen LogP contribution in [0.4, 0.5) is 5.69 Å². The average Bonchev–Trinajstić information content (AvgIpc) is 3.43. The van der Waals surface area contributed by atoms with E-state index in [9.17, 15) is 19.2 Å². The predicted octanol–water partition coefficient (Wildman–Crippen LogP) is 3.21. The summed E-state index contributed by atoms with van der Waals surface area (Å²) >= 11 is 0. The Morgan fingerprint density at radius 3 is 2.18 bits per heavy atom. The number of hydrogen-bond donors (Lipinski definition) is 1. The number of carbonyl (C=O) groups is 4. The quantitative estimate of drug-likeness (QED) is 0.608. The van der Waals surface area contributed by atoms with E-state index in [0.717, 1.165) is 16.8 Å². The standard InChI is InChI=1S/C30H38N4O4/c1-18(2)13-24(31-28(36)21-7-9-23(10-8-21)32(5)6)30(38)33-12-11-25-27(33)26(35)17-34(25)29(37)22-15-19(3)14-20(4)16-22/h7-10,14-16,18,24-25,27H,11-13,17H2,1-6H3,(H,31,36)/t24-,25?,27-/m0/s1. The highest BCUT2D eigenvalue weighted by Crippen LogP contribution is 2.32. The number of Topliss-reactive ketones (excluding diaryl/α,β-unsaturated/α-hetero) is 1. The van der Waals surface area contributed by atoms with Gasteiger partial charge in [0.2, 0.25) is 5.91 Å². The Hall–Kier alpha value is -3.68. The first-order valence-corrected chi connectivity index (χ1v) is 13.3. The van der Waals surface area contributed by atoms with E-state index in [1.165, 1.54) is 0 Å². The first-order chi connectivity index (χ1) is 18.0. The fourth-order valence-electron chi connectivity index (χ4n) is 5.65. The minimum Gasteiger partial charge on any atom is -0.378 e. The highest BCUT2D eigenvalue weighted by Gasteiger charge is 2.52. The van der Waals surface area contributed by atoms with E-state index in [2.05, 4.69) is 5.32 Å². The molecule has 4 rings (SSSR count). The van der Waals surface area contributed by atoms with Gasteiger partial charge in [-0.25, -0.2) is 0 Å². The maximum absolute atomic E-state index is 13.8. The van der Waals surface area contributed by atoms with Crippen LogP contribution in [-0.2, 0) is 9.59 Å². The summed E-state index contributed by atoms with van der Waals surface area (Å²) < 4.78 is 0. The van der Waals surface area contributed by atoms with Gasteiger partial charge in [0, 0.05) is 37.5 Å². The van der Waals surface area contributed by atoms with Gasteiger partial charge >= 0.3 is 0 Å². The molecular weight excluding hydrogens is 480 g/mol. The van der Waals surface area contributed by atoms with Crippen molar-refractivity contribution in [2.75, 3.05) is 32.1 Å². The van der Waals surface area contributed by atoms with E-state index in [4.69, 9.17) is 0 Å². The van der Waals surface area contributed by atoms with Crippen molar-refractivity contribution in [3.63, 3.8) is 0 Å². The molecule has 2 aliphatic heterocycles. The molecule has 2 aromatic carbocycles. The van der Waals surface area contributed by atoms with Crippen molar-refractivity contribution in [2.45, 2.75) is 58.7 Å². The second kappa shape index (κ2) is 11.0. The fraction of sp³-hybridized carbons (Fsp3) is 0.467. The highest BCUT2D eigenvalue weighted by molar-refractivity contribution is 6.03. The molecule has 38 heavy (non-hydrogen) atoms. The minimum atomic E-state index is -0.758. The van der Waals surface area contributed by atoms with Crippen molar-refractivity contribution >= 4 is 29.2 Å². The number of fused-ring (bicyclic) bond motifs is 1. The third-order valence-electron chi connectivity index (χ3n) is 7.39. The van der Waals surface area contributed by atoms with Crippen LogP contribution < -0.4 is 10.2 Å². The summed E-state index contributed by atoms with van der Waals surface area (Å²) in [4.78, 5) is 58.5. The van der Waals surface area contributed by atoms with E-state index < -0.39 is 12.1 Å². The topological polar surface area (TPSA) is 90.0 Å². The van der Waals surface area contributed by atoms with Gasteiger partial charge in [-0.2, -0.15) is 0 Å². The van der Waals surface area contributed by atoms with Crippen LogP contribution in [0.25, 0.3) is 0 Å². The molecule has 1 N–H and O–H groups in total. The number of nitrogens with one attached hydrogen (secondary N) is 1. The molecule has 1 unspecified atom stereocenters. The van der Waals surface area contributed by atoms with Gasteiger partial charge in [0.15, 0.2) is 5.78 Å². The molecule has 8 nitrogen and oxygen atoms in total. The van der Waals surface area contributed by atoms with Gasteiger partial charge in [-0.3, -0.25) is 19.2 Å². The molecule has 0 radical (unpaired) electrons. The molecule has 3 amide bonds. The summed E-state index contributed by atoms with van der Waals surface area (Å²) in [6.45, 7) is 8.24. The molecule has 0 saturated carbocycles. The van der Waals surface area contributed by atoms with Gasteiger partial charge in [-0.1, -0.05) is 31.0 Å². The number of ketones is 1. The second-order valence-electron chi connectivity index (χ2n) is 11.2. The summed E-state index contributed by atoms with van der Waals surface area (Å²) in [5.41, 5.74) is 3.98. The molecular formula is C30H38N4O4. The third-order valence-corrected chi connectivity index (χ3v) is 7.39. The molecule has 2 aliphatic rings. The number of amides is 3. The van der Waals surface area contributed by atoms with Gasteiger partial charge in [-0.05, 0) is 69.0 Å². The molecule has 0 aliphatic carbocycles. The zero-order chi connectivity index (χ0) is 27.7. The van der Waals surface area contributed by atoms with Crippen LogP contribution in [0.5, 0.6) is 0 Å². The van der Waals surface area contributed by atoms with E-state index >= 15 is 0 Å². The van der Waals surface area contributed by atoms with E-state index in [0.29, 0.717) is 30.5 Å². The molecule has 2 saturated heterocycles. The smallest absolute Gasteiger partial charge is 0.254 e. The number of aryl methyl sites for hydroxylation is 2. The molecule has 2 fully saturated rings. The Balaban J connectivity index is 1.51. The summed E-state index contributed by atoms with van der Waals surface area (Å²) in [5, 5.41) is 2.92. The number of hydrogen-bond acceptors (Lipinski definition) is 5. The van der Waals surface area contributed by atoms with Crippen molar-refractivity contribution in [3.8, 4) is 0 Å². The van der Waals surface area contributed by atoms with E-state index in [1.807, 2.05) is 77.0 Å². The Morgan fingerprint density at radius 2 is 1.61 bits per heavy atom. The Morgan fingerprint density at radius 1 is 0.974 bits per heavy atom. The molecule has 0 aromatic heterocycles. The van der Waals surface area contributed by atoms with Crippen molar-refractivity contribution in [1.82, 2.24) is 15.1 Å². The lowest BCUT2D eigenvalue weighted by atomic mass is 10.0. The molecule has 8 heteroatoms. The summed E-state index contributed by atoms with van der Waals surface area (Å²) in [6, 6.07) is 11.1. The summed E-state index contributed by atoms with van der Waals surface area (Å²) in [5.74, 6) is -0.749. The van der Waals surface area contributed by atoms with Crippen molar-refractivity contribution in [3.05, 3.63) is 64.7 Å². The minimum absolute atomic E-state index is 0.00956. The lowest BCUT2D eigenvalue weighted by molar-refractivity contribution is -0.138. The zero-order valence-electron chi connectivity index (χ0n) is 23.2. The SMILES string of the molecule is Cc1cc(C)cc(C(=O)N2CC(=O)[C@@H]3C2CCN3C(=O)[C@H](CC(C)C)NC(=O)c2ccc(N(C)C)cc2)c1. The Kier molecular flexibility index (Phi) is 7.90. The van der Waals surface area contributed by atoms with Crippen LogP contribution in [0.3, 0.4) is 0 Å². The number of carbonyl (C=O) groups excluding carboxylic acids is 4. The normalized spacial score (nSPS) is 19.5. The maximum atomic E-state index is 13.8. The summed E-state index contributed by atoms with van der Waals surface area (Å²) in [6.07, 6.45) is 0.987. The number of nitrogens with zero attached hydrogens (tertiary/aromatic N) is 3. The largest absolute Gasteiger partial charge is 0.378 e. The third kappa shape index (κ3) is 5.59. The van der Waals surface area contributed by atoms with Crippen molar-refractivity contribution in [2.24, 2.45) is 5.92 Å². The zero-order valence-corrected chi connectivity index (χ0v) is 23.2. The number of anilines is 1. The predicted molar refractivity (Wildman–Crippen MR) is 147 cm³/mol. The van der Waals surface area contributed by atoms with E-state index in [1.54, 1.807) is 21.9 Å². The first kappa shape index (κ1) is 27.4. The van der Waals surface area contributed by atoms with Gasteiger partial charge in [-0.15, -0.1) is 0 Å².